The number of carbonyl (C=O) groups excluding carboxylic acids is 2. The molecule has 4 rings (SSSR count). The number of carbonyl (C=O) groups is 2. The van der Waals surface area contributed by atoms with Crippen LogP contribution in [0.2, 0.25) is 5.02 Å². The first-order valence-corrected chi connectivity index (χ1v) is 6.97. The molecular formula is C15H11ClFNO2. The van der Waals surface area contributed by atoms with Gasteiger partial charge in [0.25, 0.3) is 0 Å². The van der Waals surface area contributed by atoms with E-state index in [1.54, 1.807) is 0 Å². The first-order chi connectivity index (χ1) is 9.58. The Labute approximate surface area is 120 Å². The highest BCUT2D eigenvalue weighted by Crippen LogP contribution is 2.53. The van der Waals surface area contributed by atoms with Gasteiger partial charge in [0.2, 0.25) is 11.8 Å². The first kappa shape index (κ1) is 12.1. The van der Waals surface area contributed by atoms with E-state index < -0.39 is 5.82 Å². The molecule has 0 radical (unpaired) electrons. The van der Waals surface area contributed by atoms with Crippen LogP contribution in [0.4, 0.5) is 10.1 Å². The van der Waals surface area contributed by atoms with Crippen molar-refractivity contribution in [3.8, 4) is 0 Å². The summed E-state index contributed by atoms with van der Waals surface area (Å²) in [5, 5.41) is 0.243. The summed E-state index contributed by atoms with van der Waals surface area (Å²) in [6.07, 6.45) is 4.89. The average Bonchev–Trinajstić information content (AvgIpc) is 3.06. The predicted octanol–water partition coefficient (Wildman–Crippen LogP) is 2.79. The number of hydrogen-bond donors (Lipinski definition) is 0. The molecule has 1 saturated heterocycles. The molecule has 3 aliphatic rings. The molecule has 2 fully saturated rings. The van der Waals surface area contributed by atoms with Crippen LogP contribution in [0.15, 0.2) is 30.4 Å². The first-order valence-electron chi connectivity index (χ1n) is 6.59. The van der Waals surface area contributed by atoms with E-state index in [9.17, 15) is 14.0 Å². The zero-order chi connectivity index (χ0) is 14.0. The van der Waals surface area contributed by atoms with Gasteiger partial charge in [0.05, 0.1) is 17.5 Å². The van der Waals surface area contributed by atoms with E-state index in [-0.39, 0.29) is 46.2 Å². The van der Waals surface area contributed by atoms with Gasteiger partial charge < -0.3 is 0 Å². The Morgan fingerprint density at radius 3 is 2.25 bits per heavy atom. The lowest BCUT2D eigenvalue weighted by molar-refractivity contribution is -0.123. The number of rotatable bonds is 1. The predicted molar refractivity (Wildman–Crippen MR) is 71.6 cm³/mol. The fourth-order valence-corrected chi connectivity index (χ4v) is 3.96. The molecular weight excluding hydrogens is 281 g/mol. The van der Waals surface area contributed by atoms with Crippen molar-refractivity contribution in [1.29, 1.82) is 0 Å². The fraction of sp³-hybridized carbons (Fsp3) is 0.333. The van der Waals surface area contributed by atoms with E-state index in [2.05, 4.69) is 0 Å². The maximum Gasteiger partial charge on any atom is 0.238 e. The van der Waals surface area contributed by atoms with Crippen LogP contribution in [-0.2, 0) is 9.59 Å². The van der Waals surface area contributed by atoms with Crippen LogP contribution >= 0.6 is 11.6 Å². The van der Waals surface area contributed by atoms with Crippen molar-refractivity contribution in [1.82, 2.24) is 0 Å². The third-order valence-corrected chi connectivity index (χ3v) is 4.86. The largest absolute Gasteiger partial charge is 0.274 e. The smallest absolute Gasteiger partial charge is 0.238 e. The molecule has 0 unspecified atom stereocenters. The molecule has 5 heteroatoms. The number of anilines is 1. The second-order valence-corrected chi connectivity index (χ2v) is 6.04. The van der Waals surface area contributed by atoms with Crippen molar-refractivity contribution in [3.63, 3.8) is 0 Å². The van der Waals surface area contributed by atoms with Crippen molar-refractivity contribution in [3.05, 3.63) is 41.2 Å². The van der Waals surface area contributed by atoms with Gasteiger partial charge in [-0.05, 0) is 36.5 Å². The van der Waals surface area contributed by atoms with Gasteiger partial charge in [0.15, 0.2) is 0 Å². The van der Waals surface area contributed by atoms with Gasteiger partial charge in [0.1, 0.15) is 5.82 Å². The Bertz CT molecular complexity index is 642. The highest BCUT2D eigenvalue weighted by Gasteiger charge is 2.59. The van der Waals surface area contributed by atoms with Crippen LogP contribution < -0.4 is 4.90 Å². The molecule has 102 valence electrons. The third-order valence-electron chi connectivity index (χ3n) is 4.62. The van der Waals surface area contributed by atoms with Gasteiger partial charge in [-0.3, -0.25) is 9.59 Å². The molecule has 0 spiro atoms. The molecule has 2 aliphatic carbocycles. The Morgan fingerprint density at radius 2 is 1.70 bits per heavy atom. The van der Waals surface area contributed by atoms with Gasteiger partial charge in [-0.1, -0.05) is 23.8 Å². The molecule has 2 amide bonds. The third kappa shape index (κ3) is 1.40. The Hall–Kier alpha value is -1.68. The summed E-state index contributed by atoms with van der Waals surface area (Å²) in [6, 6.07) is 4.00. The minimum Gasteiger partial charge on any atom is -0.274 e. The van der Waals surface area contributed by atoms with Crippen molar-refractivity contribution >= 4 is 29.1 Å². The molecule has 20 heavy (non-hydrogen) atoms. The quantitative estimate of drug-likeness (QED) is 0.589. The molecule has 1 aromatic carbocycles. The SMILES string of the molecule is O=C1[C@@H]2[C@@H](C(=O)N1c1ccc(Cl)cc1F)[C@H]1C=C[C@H]2C1. The number of amides is 2. The summed E-state index contributed by atoms with van der Waals surface area (Å²) in [5.41, 5.74) is 0.0122. The number of allylic oxidation sites excluding steroid dienone is 2. The summed E-state index contributed by atoms with van der Waals surface area (Å²) in [5.74, 6) is -1.57. The second kappa shape index (κ2) is 3.92. The molecule has 2 bridgehead atoms. The number of hydrogen-bond acceptors (Lipinski definition) is 2. The number of benzene rings is 1. The van der Waals surface area contributed by atoms with Gasteiger partial charge >= 0.3 is 0 Å². The number of fused-ring (bicyclic) bond motifs is 5. The molecule has 1 aromatic rings. The van der Waals surface area contributed by atoms with Crippen molar-refractivity contribution in [2.24, 2.45) is 23.7 Å². The van der Waals surface area contributed by atoms with Crippen LogP contribution in [0.3, 0.4) is 0 Å². The summed E-state index contributed by atoms with van der Waals surface area (Å²) in [7, 11) is 0. The summed E-state index contributed by atoms with van der Waals surface area (Å²) >= 11 is 5.71. The minimum atomic E-state index is -0.639. The standard InChI is InChI=1S/C15H11ClFNO2/c16-9-3-4-11(10(17)6-9)18-14(19)12-7-1-2-8(5-7)13(12)15(18)20/h1-4,6-8,12-13H,5H2/t7-,8-,12-,13-/m0/s1. The van der Waals surface area contributed by atoms with Crippen LogP contribution in [0.1, 0.15) is 6.42 Å². The van der Waals surface area contributed by atoms with E-state index in [1.807, 2.05) is 12.2 Å². The summed E-state index contributed by atoms with van der Waals surface area (Å²) < 4.78 is 14.0. The van der Waals surface area contributed by atoms with Crippen LogP contribution in [-0.4, -0.2) is 11.8 Å². The maximum atomic E-state index is 14.0. The van der Waals surface area contributed by atoms with Crippen LogP contribution in [0.5, 0.6) is 0 Å². The highest BCUT2D eigenvalue weighted by molar-refractivity contribution is 6.31. The van der Waals surface area contributed by atoms with Crippen molar-refractivity contribution in [2.45, 2.75) is 6.42 Å². The number of nitrogens with zero attached hydrogens (tertiary/aromatic N) is 1. The zero-order valence-electron chi connectivity index (χ0n) is 10.4. The Balaban J connectivity index is 1.78. The molecule has 1 aliphatic heterocycles. The van der Waals surface area contributed by atoms with Gasteiger partial charge in [-0.15, -0.1) is 0 Å². The van der Waals surface area contributed by atoms with Gasteiger partial charge in [-0.25, -0.2) is 9.29 Å². The monoisotopic (exact) mass is 291 g/mol. The lowest BCUT2D eigenvalue weighted by atomic mass is 9.85. The van der Waals surface area contributed by atoms with Gasteiger partial charge in [0, 0.05) is 5.02 Å². The number of imide groups is 1. The average molecular weight is 292 g/mol. The zero-order valence-corrected chi connectivity index (χ0v) is 11.2. The molecule has 0 aromatic heterocycles. The molecule has 1 saturated carbocycles. The van der Waals surface area contributed by atoms with Crippen LogP contribution in [0.25, 0.3) is 0 Å². The Kier molecular flexibility index (Phi) is 2.37. The van der Waals surface area contributed by atoms with E-state index >= 15 is 0 Å². The number of halogens is 2. The van der Waals surface area contributed by atoms with E-state index in [4.69, 9.17) is 11.6 Å². The van der Waals surface area contributed by atoms with E-state index in [0.29, 0.717) is 0 Å². The van der Waals surface area contributed by atoms with Crippen molar-refractivity contribution in [2.75, 3.05) is 4.90 Å². The van der Waals surface area contributed by atoms with Gasteiger partial charge in [-0.2, -0.15) is 0 Å². The van der Waals surface area contributed by atoms with Crippen molar-refractivity contribution < 1.29 is 14.0 Å². The lowest BCUT2D eigenvalue weighted by Crippen LogP contribution is -2.33. The maximum absolute atomic E-state index is 14.0. The summed E-state index contributed by atoms with van der Waals surface area (Å²) in [6.45, 7) is 0. The van der Waals surface area contributed by atoms with E-state index in [1.165, 1.54) is 12.1 Å². The highest BCUT2D eigenvalue weighted by atomic mass is 35.5. The van der Waals surface area contributed by atoms with E-state index in [0.717, 1.165) is 17.4 Å². The molecule has 1 heterocycles. The minimum absolute atomic E-state index is 0.0122. The Morgan fingerprint density at radius 1 is 1.10 bits per heavy atom. The molecule has 0 N–H and O–H groups in total. The van der Waals surface area contributed by atoms with Crippen LogP contribution in [0, 0.1) is 29.5 Å². The topological polar surface area (TPSA) is 37.4 Å². The second-order valence-electron chi connectivity index (χ2n) is 5.61. The fourth-order valence-electron chi connectivity index (χ4n) is 3.80. The molecule has 3 nitrogen and oxygen atoms in total. The summed E-state index contributed by atoms with van der Waals surface area (Å²) in [4.78, 5) is 26.0. The molecule has 4 atom stereocenters. The lowest BCUT2D eigenvalue weighted by Gasteiger charge is -2.17. The normalized spacial score (nSPS) is 34.2.